The molecule has 7 heteroatoms. The van der Waals surface area contributed by atoms with E-state index in [1.54, 1.807) is 0 Å². The summed E-state index contributed by atoms with van der Waals surface area (Å²) in [6, 6.07) is 58.1. The van der Waals surface area contributed by atoms with Gasteiger partial charge in [-0.3, -0.25) is 0 Å². The molecule has 0 saturated heterocycles. The molecule has 7 aromatic rings. The molecule has 0 atom stereocenters. The van der Waals surface area contributed by atoms with Crippen molar-refractivity contribution in [2.24, 2.45) is 0 Å². The Labute approximate surface area is 337 Å². The van der Waals surface area contributed by atoms with Gasteiger partial charge in [-0.15, -0.1) is 0 Å². The van der Waals surface area contributed by atoms with Crippen LogP contribution in [0, 0.1) is 66.2 Å². The summed E-state index contributed by atoms with van der Waals surface area (Å²) in [6.45, 7) is 8.21. The molecule has 4 nitrogen and oxygen atoms in total. The Bertz CT molecular complexity index is 1860. The van der Waals surface area contributed by atoms with Crippen molar-refractivity contribution in [1.82, 2.24) is 19.6 Å². The van der Waals surface area contributed by atoms with Crippen LogP contribution in [-0.4, -0.2) is 25.7 Å². The van der Waals surface area contributed by atoms with Crippen LogP contribution in [0.5, 0.6) is 0 Å². The maximum atomic E-state index is 4.67. The number of hydrogen-bond donors (Lipinski definition) is 0. The van der Waals surface area contributed by atoms with Gasteiger partial charge >= 0.3 is 27.0 Å². The first-order valence-electron chi connectivity index (χ1n) is 18.1. The van der Waals surface area contributed by atoms with Crippen LogP contribution in [0.15, 0.2) is 164 Å². The SMILES string of the molecule is Cc1cc(C)n(C(c2ccccc2)n2nc(C)cc2C)n1.[CH]1[CH][CH][CH][CH][CH]1.[Cl][Ru+].c1ccc([B-](c2ccccc2)(c2ccccc2)c2ccccc2)cc1. The van der Waals surface area contributed by atoms with E-state index in [0.29, 0.717) is 0 Å². The molecule has 2 aromatic heterocycles. The van der Waals surface area contributed by atoms with E-state index in [0.717, 1.165) is 22.8 Å². The van der Waals surface area contributed by atoms with Gasteiger partial charge in [-0.1, -0.05) is 152 Å². The van der Waals surface area contributed by atoms with Crippen LogP contribution in [0.4, 0.5) is 0 Å². The fraction of sp³-hybridized carbons (Fsp3) is 0.106. The number of aromatic nitrogens is 4. The zero-order chi connectivity index (χ0) is 38.2. The Morgan fingerprint density at radius 2 is 0.685 bits per heavy atom. The summed E-state index contributed by atoms with van der Waals surface area (Å²) in [5.41, 5.74) is 10.8. The average molecular weight is 814 g/mol. The van der Waals surface area contributed by atoms with Gasteiger partial charge in [0.05, 0.1) is 11.4 Å². The van der Waals surface area contributed by atoms with E-state index in [4.69, 9.17) is 0 Å². The maximum Gasteiger partial charge on any atom is 0.108 e. The molecule has 0 aliphatic heterocycles. The predicted octanol–water partition coefficient (Wildman–Crippen LogP) is 8.39. The third kappa shape index (κ3) is 9.97. The molecule has 2 heterocycles. The quantitative estimate of drug-likeness (QED) is 0.152. The number of hydrogen-bond acceptors (Lipinski definition) is 2. The largest absolute Gasteiger partial charge is 0.195 e. The van der Waals surface area contributed by atoms with Crippen LogP contribution in [0.3, 0.4) is 0 Å². The smallest absolute Gasteiger partial charge is 0.108 e. The summed E-state index contributed by atoms with van der Waals surface area (Å²) >= 11 is 1.82. The molecule has 272 valence electrons. The summed E-state index contributed by atoms with van der Waals surface area (Å²) in [5.74, 6) is 0. The first-order valence-corrected chi connectivity index (χ1v) is 20.3. The van der Waals surface area contributed by atoms with Crippen LogP contribution in [-0.2, 0) is 17.3 Å². The summed E-state index contributed by atoms with van der Waals surface area (Å²) in [6.07, 6.45) is 10.7. The zero-order valence-corrected chi connectivity index (χ0v) is 33.7. The van der Waals surface area contributed by atoms with Crippen LogP contribution in [0.1, 0.15) is 34.5 Å². The molecule has 6 radical (unpaired) electrons. The van der Waals surface area contributed by atoms with Crippen molar-refractivity contribution < 1.29 is 17.3 Å². The summed E-state index contributed by atoms with van der Waals surface area (Å²) in [7, 11) is 4.57. The summed E-state index contributed by atoms with van der Waals surface area (Å²) < 4.78 is 4.09. The Hall–Kier alpha value is -4.50. The van der Waals surface area contributed by atoms with Crippen molar-refractivity contribution in [2.75, 3.05) is 0 Å². The van der Waals surface area contributed by atoms with Gasteiger partial charge in [0.2, 0.25) is 0 Å². The molecule has 1 saturated carbocycles. The number of halogens is 1. The molecular formula is C47H46BClN4Ru. The van der Waals surface area contributed by atoms with Crippen LogP contribution in [0.25, 0.3) is 0 Å². The third-order valence-electron chi connectivity index (χ3n) is 9.52. The summed E-state index contributed by atoms with van der Waals surface area (Å²) in [5, 5.41) is 9.34. The molecule has 54 heavy (non-hydrogen) atoms. The molecule has 1 fully saturated rings. The first-order chi connectivity index (χ1) is 26.5. The standard InChI is InChI=1S/C24H20B.C17H20N4.C6H6.ClH.Ru/c1-5-13-21(14-6-1)25(22-15-7-2-8-16-22,23-17-9-3-10-18-23)24-19-11-4-12-20-24;1-12-10-14(3)20(18-12)17(16-8-6-5-7-9-16)21-15(4)11-13(2)19-21;1-2-4-6-5-3-1;;/h1-20H;5-11,17H,1-4H3;1-6H;1H;/q-1;;;;+2/p-1. The third-order valence-corrected chi connectivity index (χ3v) is 9.52. The van der Waals surface area contributed by atoms with Crippen molar-refractivity contribution in [3.8, 4) is 0 Å². The van der Waals surface area contributed by atoms with Crippen molar-refractivity contribution in [1.29, 1.82) is 0 Å². The fourth-order valence-corrected chi connectivity index (χ4v) is 7.31. The number of benzene rings is 5. The van der Waals surface area contributed by atoms with Gasteiger partial charge in [-0.25, -0.2) is 9.36 Å². The van der Waals surface area contributed by atoms with Crippen LogP contribution < -0.4 is 21.9 Å². The van der Waals surface area contributed by atoms with E-state index in [9.17, 15) is 0 Å². The second kappa shape index (κ2) is 20.8. The predicted molar refractivity (Wildman–Crippen MR) is 225 cm³/mol. The Morgan fingerprint density at radius 1 is 0.426 bits per heavy atom. The Morgan fingerprint density at radius 3 is 0.926 bits per heavy atom. The van der Waals surface area contributed by atoms with Crippen molar-refractivity contribution in [2.45, 2.75) is 33.9 Å². The Balaban J connectivity index is 0.000000175. The number of aryl methyl sites for hydroxylation is 4. The number of nitrogens with zero attached hydrogens (tertiary/aromatic N) is 4. The van der Waals surface area contributed by atoms with E-state index in [1.807, 2.05) is 85.1 Å². The van der Waals surface area contributed by atoms with E-state index in [-0.39, 0.29) is 6.17 Å². The molecule has 0 amide bonds. The topological polar surface area (TPSA) is 35.6 Å². The van der Waals surface area contributed by atoms with Crippen LogP contribution in [0.2, 0.25) is 0 Å². The number of rotatable bonds is 7. The maximum absolute atomic E-state index is 4.67. The van der Waals surface area contributed by atoms with E-state index >= 15 is 0 Å². The normalized spacial score (nSPS) is 12.4. The zero-order valence-electron chi connectivity index (χ0n) is 31.2. The minimum Gasteiger partial charge on any atom is -0.195 e. The van der Waals surface area contributed by atoms with E-state index in [2.05, 4.69) is 191 Å². The van der Waals surface area contributed by atoms with Crippen LogP contribution >= 0.6 is 9.69 Å². The van der Waals surface area contributed by atoms with Gasteiger partial charge in [0.1, 0.15) is 6.15 Å². The van der Waals surface area contributed by atoms with Gasteiger partial charge in [-0.2, -0.15) is 32.0 Å². The van der Waals surface area contributed by atoms with Crippen molar-refractivity contribution in [3.63, 3.8) is 0 Å². The monoisotopic (exact) mass is 814 g/mol. The van der Waals surface area contributed by atoms with Gasteiger partial charge in [0.25, 0.3) is 0 Å². The fourth-order valence-electron chi connectivity index (χ4n) is 7.31. The molecular weight excluding hydrogens is 768 g/mol. The van der Waals surface area contributed by atoms with E-state index in [1.165, 1.54) is 27.4 Å². The molecule has 5 aromatic carbocycles. The second-order valence-corrected chi connectivity index (χ2v) is 13.2. The molecule has 0 unspecified atom stereocenters. The van der Waals surface area contributed by atoms with Gasteiger partial charge in [0, 0.05) is 11.4 Å². The molecule has 0 N–H and O–H groups in total. The van der Waals surface area contributed by atoms with Gasteiger partial charge in [0.15, 0.2) is 6.17 Å². The molecule has 0 bridgehead atoms. The first kappa shape index (κ1) is 40.7. The second-order valence-electron chi connectivity index (χ2n) is 13.2. The molecule has 1 aliphatic rings. The van der Waals surface area contributed by atoms with E-state index < -0.39 is 6.15 Å². The molecule has 8 rings (SSSR count). The minimum absolute atomic E-state index is 0.0476. The Kier molecular flexibility index (Phi) is 15.7. The van der Waals surface area contributed by atoms with Gasteiger partial charge in [-0.05, 0) is 83.9 Å². The molecule has 1 aliphatic carbocycles. The average Bonchev–Trinajstić information content (AvgIpc) is 3.76. The van der Waals surface area contributed by atoms with Crippen molar-refractivity contribution in [3.05, 3.63) is 231 Å². The minimum atomic E-state index is -1.22. The van der Waals surface area contributed by atoms with Gasteiger partial charge < -0.3 is 0 Å². The molecule has 0 spiro atoms. The summed E-state index contributed by atoms with van der Waals surface area (Å²) in [4.78, 5) is 0. The van der Waals surface area contributed by atoms with Crippen molar-refractivity contribution >= 4 is 37.7 Å².